The van der Waals surface area contributed by atoms with Crippen LogP contribution in [0.15, 0.2) is 23.1 Å². The Bertz CT molecular complexity index is 1050. The Balaban J connectivity index is 2.05. The predicted octanol–water partition coefficient (Wildman–Crippen LogP) is 1.51. The van der Waals surface area contributed by atoms with Gasteiger partial charge >= 0.3 is 12.1 Å². The lowest BCUT2D eigenvalue weighted by Crippen LogP contribution is -2.39. The lowest BCUT2D eigenvalue weighted by molar-refractivity contribution is -0.141. The number of carboxylic acid groups (broad SMARTS) is 1. The van der Waals surface area contributed by atoms with Crippen molar-refractivity contribution in [3.05, 3.63) is 62.3 Å². The molecule has 2 aromatic heterocycles. The molecule has 1 aliphatic heterocycles. The molecule has 0 atom stereocenters. The van der Waals surface area contributed by atoms with E-state index in [0.717, 1.165) is 17.8 Å². The Labute approximate surface area is 168 Å². The van der Waals surface area contributed by atoms with Crippen LogP contribution in [-0.2, 0) is 35.3 Å². The number of carbonyl (C=O) groups is 2. The van der Waals surface area contributed by atoms with Gasteiger partial charge in [0.25, 0.3) is 11.5 Å². The molecule has 2 N–H and O–H groups in total. The molecular formula is C19H18F3N3O5. The van der Waals surface area contributed by atoms with Gasteiger partial charge in [0.15, 0.2) is 0 Å². The zero-order chi connectivity index (χ0) is 22.1. The Kier molecular flexibility index (Phi) is 5.92. The second-order valence-electron chi connectivity index (χ2n) is 6.74. The van der Waals surface area contributed by atoms with E-state index in [4.69, 9.17) is 9.84 Å². The van der Waals surface area contributed by atoms with E-state index in [2.05, 4.69) is 10.3 Å². The number of amides is 1. The van der Waals surface area contributed by atoms with E-state index in [1.807, 2.05) is 0 Å². The molecular weight excluding hydrogens is 407 g/mol. The van der Waals surface area contributed by atoms with E-state index >= 15 is 0 Å². The number of aliphatic carboxylic acids is 1. The molecule has 0 radical (unpaired) electrons. The minimum absolute atomic E-state index is 0.108. The molecule has 8 nitrogen and oxygen atoms in total. The fourth-order valence-electron chi connectivity index (χ4n) is 3.34. The first-order valence-corrected chi connectivity index (χ1v) is 8.94. The molecule has 30 heavy (non-hydrogen) atoms. The van der Waals surface area contributed by atoms with Gasteiger partial charge in [0.2, 0.25) is 0 Å². The number of hydrogen-bond acceptors (Lipinski definition) is 5. The average molecular weight is 425 g/mol. The highest BCUT2D eigenvalue weighted by Crippen LogP contribution is 2.27. The van der Waals surface area contributed by atoms with Gasteiger partial charge in [-0.15, -0.1) is 0 Å². The van der Waals surface area contributed by atoms with Crippen molar-refractivity contribution < 1.29 is 32.6 Å². The third kappa shape index (κ3) is 4.35. The summed E-state index contributed by atoms with van der Waals surface area (Å²) in [5.74, 6) is -2.09. The van der Waals surface area contributed by atoms with Crippen LogP contribution in [0.5, 0.6) is 0 Å². The summed E-state index contributed by atoms with van der Waals surface area (Å²) < 4.78 is 44.9. The maximum absolute atomic E-state index is 13.1. The zero-order valence-corrected chi connectivity index (χ0v) is 15.9. The number of ether oxygens (including phenoxy) is 1. The van der Waals surface area contributed by atoms with E-state index < -0.39 is 35.9 Å². The maximum Gasteiger partial charge on any atom is 0.433 e. The number of carbonyl (C=O) groups excluding carboxylic acids is 1. The van der Waals surface area contributed by atoms with Crippen molar-refractivity contribution in [1.29, 1.82) is 0 Å². The van der Waals surface area contributed by atoms with Crippen LogP contribution in [0.25, 0.3) is 0 Å². The molecule has 3 heterocycles. The summed E-state index contributed by atoms with van der Waals surface area (Å²) in [6.07, 6.45) is -3.12. The van der Waals surface area contributed by atoms with Gasteiger partial charge in [-0.2, -0.15) is 13.2 Å². The van der Waals surface area contributed by atoms with Gasteiger partial charge in [0, 0.05) is 6.20 Å². The van der Waals surface area contributed by atoms with Crippen LogP contribution in [0.1, 0.15) is 38.4 Å². The highest BCUT2D eigenvalue weighted by atomic mass is 19.4. The van der Waals surface area contributed by atoms with Crippen LogP contribution in [0, 0.1) is 6.92 Å². The first-order chi connectivity index (χ1) is 14.1. The average Bonchev–Trinajstić information content (AvgIpc) is 2.69. The van der Waals surface area contributed by atoms with Crippen molar-refractivity contribution in [2.45, 2.75) is 32.7 Å². The summed E-state index contributed by atoms with van der Waals surface area (Å²) in [6.45, 7) is 1.32. The lowest BCUT2D eigenvalue weighted by Gasteiger charge is -2.25. The molecule has 0 aromatic carbocycles. The molecule has 0 saturated carbocycles. The Morgan fingerprint density at radius 2 is 2.07 bits per heavy atom. The first-order valence-electron chi connectivity index (χ1n) is 8.94. The molecule has 0 aliphatic carbocycles. The molecule has 11 heteroatoms. The summed E-state index contributed by atoms with van der Waals surface area (Å²) >= 11 is 0. The van der Waals surface area contributed by atoms with E-state index in [1.165, 1.54) is 10.6 Å². The van der Waals surface area contributed by atoms with Crippen molar-refractivity contribution >= 4 is 11.9 Å². The van der Waals surface area contributed by atoms with Crippen molar-refractivity contribution in [3.63, 3.8) is 0 Å². The Morgan fingerprint density at radius 3 is 2.67 bits per heavy atom. The van der Waals surface area contributed by atoms with Crippen molar-refractivity contribution in [1.82, 2.24) is 14.9 Å². The molecule has 2 aromatic rings. The minimum Gasteiger partial charge on any atom is -0.480 e. The molecule has 1 aliphatic rings. The second kappa shape index (κ2) is 8.27. The number of pyridine rings is 2. The molecule has 0 unspecified atom stereocenters. The smallest absolute Gasteiger partial charge is 0.433 e. The van der Waals surface area contributed by atoms with E-state index in [9.17, 15) is 27.6 Å². The van der Waals surface area contributed by atoms with Crippen LogP contribution in [-0.4, -0.2) is 39.7 Å². The number of alkyl halides is 3. The van der Waals surface area contributed by atoms with Gasteiger partial charge in [-0.3, -0.25) is 19.4 Å². The summed E-state index contributed by atoms with van der Waals surface area (Å²) in [4.78, 5) is 39.7. The van der Waals surface area contributed by atoms with Gasteiger partial charge in [0.05, 0.1) is 25.5 Å². The summed E-state index contributed by atoms with van der Waals surface area (Å²) in [7, 11) is 0. The fourth-order valence-corrected chi connectivity index (χ4v) is 3.34. The van der Waals surface area contributed by atoms with Gasteiger partial charge in [-0.1, -0.05) is 6.07 Å². The third-order valence-electron chi connectivity index (χ3n) is 4.78. The second-order valence-corrected chi connectivity index (χ2v) is 6.74. The van der Waals surface area contributed by atoms with E-state index in [-0.39, 0.29) is 18.7 Å². The van der Waals surface area contributed by atoms with E-state index in [0.29, 0.717) is 29.8 Å². The molecule has 0 fully saturated rings. The zero-order valence-electron chi connectivity index (χ0n) is 15.9. The van der Waals surface area contributed by atoms with Crippen LogP contribution < -0.4 is 10.9 Å². The van der Waals surface area contributed by atoms with Crippen molar-refractivity contribution in [2.75, 3.05) is 13.2 Å². The van der Waals surface area contributed by atoms with Crippen LogP contribution >= 0.6 is 0 Å². The van der Waals surface area contributed by atoms with Crippen molar-refractivity contribution in [3.8, 4) is 0 Å². The summed E-state index contributed by atoms with van der Waals surface area (Å²) in [5.41, 5.74) is 0.0825. The number of hydrogen-bond donors (Lipinski definition) is 2. The van der Waals surface area contributed by atoms with Crippen LogP contribution in [0.2, 0.25) is 0 Å². The van der Waals surface area contributed by atoms with Crippen LogP contribution in [0.3, 0.4) is 0 Å². The largest absolute Gasteiger partial charge is 0.480 e. The number of aromatic nitrogens is 2. The number of nitrogens with zero attached hydrogens (tertiary/aromatic N) is 2. The van der Waals surface area contributed by atoms with Gasteiger partial charge in [-0.05, 0) is 36.1 Å². The SMILES string of the molecule is Cc1c2c(n(Cc3ccc(C(F)(F)F)nc3)c(=O)c1C(=O)NCC(=O)O)COCC2. The molecule has 3 rings (SSSR count). The minimum atomic E-state index is -4.58. The van der Waals surface area contributed by atoms with Crippen LogP contribution in [0.4, 0.5) is 13.2 Å². The molecule has 1 amide bonds. The van der Waals surface area contributed by atoms with Gasteiger partial charge in [0.1, 0.15) is 17.8 Å². The number of rotatable bonds is 5. The maximum atomic E-state index is 13.1. The topological polar surface area (TPSA) is 111 Å². The lowest BCUT2D eigenvalue weighted by atomic mass is 9.97. The highest BCUT2D eigenvalue weighted by molar-refractivity contribution is 5.97. The van der Waals surface area contributed by atoms with E-state index in [1.54, 1.807) is 6.92 Å². The Hall–Kier alpha value is -3.21. The number of nitrogens with one attached hydrogen (secondary N) is 1. The normalized spacial score (nSPS) is 13.6. The number of fused-ring (bicyclic) bond motifs is 1. The number of halogens is 3. The Morgan fingerprint density at radius 1 is 1.33 bits per heavy atom. The first kappa shape index (κ1) is 21.5. The summed E-state index contributed by atoms with van der Waals surface area (Å²) in [5, 5.41) is 10.9. The molecule has 0 bridgehead atoms. The molecule has 0 spiro atoms. The highest BCUT2D eigenvalue weighted by Gasteiger charge is 2.32. The molecule has 0 saturated heterocycles. The third-order valence-corrected chi connectivity index (χ3v) is 4.78. The van der Waals surface area contributed by atoms with Crippen molar-refractivity contribution in [2.24, 2.45) is 0 Å². The standard InChI is InChI=1S/C19H18F3N3O5/c1-10-12-4-5-30-9-13(12)25(18(29)16(10)17(28)24-7-15(26)27)8-11-2-3-14(23-6-11)19(20,21)22/h2-3,6H,4-5,7-9H2,1H3,(H,24,28)(H,26,27). The molecule has 160 valence electrons. The number of carboxylic acids is 1. The monoisotopic (exact) mass is 425 g/mol. The van der Waals surface area contributed by atoms with Gasteiger partial charge in [-0.25, -0.2) is 0 Å². The quantitative estimate of drug-likeness (QED) is 0.752. The summed E-state index contributed by atoms with van der Waals surface area (Å²) in [6, 6.07) is 2.03. The fraction of sp³-hybridized carbons (Fsp3) is 0.368. The predicted molar refractivity (Wildman–Crippen MR) is 97.1 cm³/mol. The van der Waals surface area contributed by atoms with Gasteiger partial charge < -0.3 is 19.7 Å².